The van der Waals surface area contributed by atoms with Crippen molar-refractivity contribution in [2.24, 2.45) is 0 Å². The Morgan fingerprint density at radius 3 is 1.76 bits per heavy atom. The van der Waals surface area contributed by atoms with Crippen molar-refractivity contribution in [3.63, 3.8) is 0 Å². The van der Waals surface area contributed by atoms with Gasteiger partial charge in [0.25, 0.3) is 10.1 Å². The van der Waals surface area contributed by atoms with Crippen LogP contribution in [-0.2, 0) is 38.7 Å². The van der Waals surface area contributed by atoms with Crippen LogP contribution in [0.5, 0.6) is 0 Å². The summed E-state index contributed by atoms with van der Waals surface area (Å²) >= 11 is 0. The van der Waals surface area contributed by atoms with Crippen LogP contribution in [0.25, 0.3) is 0 Å². The topological polar surface area (TPSA) is 157 Å². The molecule has 0 saturated heterocycles. The highest BCUT2D eigenvalue weighted by atomic mass is 32.2. The van der Waals surface area contributed by atoms with Gasteiger partial charge in [-0.15, -0.1) is 0 Å². The van der Waals surface area contributed by atoms with E-state index in [2.05, 4.69) is 10.6 Å². The van der Waals surface area contributed by atoms with Crippen molar-refractivity contribution in [3.05, 3.63) is 0 Å². The fourth-order valence-corrected chi connectivity index (χ4v) is 3.28. The van der Waals surface area contributed by atoms with Crippen LogP contribution in [0.1, 0.15) is 74.7 Å². The lowest BCUT2D eigenvalue weighted by atomic mass is 9.88. The Morgan fingerprint density at radius 2 is 1.33 bits per heavy atom. The van der Waals surface area contributed by atoms with Gasteiger partial charge in [0.1, 0.15) is 17.1 Å². The van der Waals surface area contributed by atoms with Gasteiger partial charge in [-0.2, -0.15) is 8.42 Å². The van der Waals surface area contributed by atoms with Crippen LogP contribution in [-0.4, -0.2) is 72.7 Å². The predicted octanol–water partition coefficient (Wildman–Crippen LogP) is 1.56. The maximum absolute atomic E-state index is 13.0. The van der Waals surface area contributed by atoms with Crippen molar-refractivity contribution < 1.29 is 41.6 Å². The van der Waals surface area contributed by atoms with E-state index in [0.717, 1.165) is 7.11 Å². The molecule has 0 aliphatic carbocycles. The van der Waals surface area contributed by atoms with E-state index in [-0.39, 0.29) is 19.4 Å². The van der Waals surface area contributed by atoms with Gasteiger partial charge in [0.2, 0.25) is 5.54 Å². The Bertz CT molecular complexity index is 796. The number of carbonyl (C=O) groups excluding carboxylic acids is 3. The summed E-state index contributed by atoms with van der Waals surface area (Å²) in [6, 6.07) is 0. The highest BCUT2D eigenvalue weighted by Gasteiger charge is 2.50. The number of esters is 3. The lowest BCUT2D eigenvalue weighted by Gasteiger charge is -2.34. The van der Waals surface area contributed by atoms with Gasteiger partial charge >= 0.3 is 17.9 Å². The summed E-state index contributed by atoms with van der Waals surface area (Å²) in [5.41, 5.74) is -4.33. The van der Waals surface area contributed by atoms with E-state index in [0.29, 0.717) is 6.42 Å². The molecule has 0 heterocycles. The van der Waals surface area contributed by atoms with Crippen LogP contribution in [0.3, 0.4) is 0 Å². The molecule has 0 fully saturated rings. The SMILES string of the molecule is COC(=O)[C@](CCCC(C)(C)NCC(=O)OC(C)(C)C)(NCS(=O)(=O)O)C(=O)OC(C)(C)C. The Hall–Kier alpha value is -1.76. The highest BCUT2D eigenvalue weighted by molar-refractivity contribution is 7.85. The van der Waals surface area contributed by atoms with Gasteiger partial charge in [-0.1, -0.05) is 0 Å². The van der Waals surface area contributed by atoms with E-state index in [9.17, 15) is 22.8 Å². The van der Waals surface area contributed by atoms with E-state index in [1.165, 1.54) is 0 Å². The van der Waals surface area contributed by atoms with Crippen LogP contribution < -0.4 is 10.6 Å². The summed E-state index contributed by atoms with van der Waals surface area (Å²) in [6.07, 6.45) is 0.452. The van der Waals surface area contributed by atoms with E-state index >= 15 is 0 Å². The third kappa shape index (κ3) is 12.9. The Morgan fingerprint density at radius 1 is 0.818 bits per heavy atom. The fourth-order valence-electron chi connectivity index (χ4n) is 2.85. The van der Waals surface area contributed by atoms with Gasteiger partial charge in [0.15, 0.2) is 0 Å². The molecule has 0 aromatic carbocycles. The molecule has 0 saturated carbocycles. The second kappa shape index (κ2) is 11.6. The highest BCUT2D eigenvalue weighted by Crippen LogP contribution is 2.25. The summed E-state index contributed by atoms with van der Waals surface area (Å²) in [6.45, 7) is 13.7. The van der Waals surface area contributed by atoms with Crippen molar-refractivity contribution in [2.45, 2.75) is 96.9 Å². The smallest absolute Gasteiger partial charge is 0.338 e. The normalized spacial score (nSPS) is 14.8. The minimum absolute atomic E-state index is 0.0422. The van der Waals surface area contributed by atoms with Gasteiger partial charge in [0, 0.05) is 5.54 Å². The van der Waals surface area contributed by atoms with Crippen molar-refractivity contribution in [2.75, 3.05) is 19.5 Å². The first-order valence-corrected chi connectivity index (χ1v) is 12.2. The molecule has 3 N–H and O–H groups in total. The van der Waals surface area contributed by atoms with Crippen molar-refractivity contribution in [1.82, 2.24) is 10.6 Å². The maximum atomic E-state index is 13.0. The maximum Gasteiger partial charge on any atom is 0.338 e. The molecule has 0 aromatic heterocycles. The lowest BCUT2D eigenvalue weighted by molar-refractivity contribution is -0.173. The standard InChI is InChI=1S/C21H40N2O9S/c1-18(2,3)31-15(24)13-22-20(7,8)11-10-12-21(16(25)30-9,23-14-33(27,28)29)17(26)32-19(4,5)6/h22-23H,10-14H2,1-9H3,(H,27,28,29)/t21-/m0/s1. The Balaban J connectivity index is 5.51. The molecule has 1 atom stereocenters. The first-order chi connectivity index (χ1) is 14.6. The number of rotatable bonds is 12. The minimum atomic E-state index is -4.55. The van der Waals surface area contributed by atoms with Crippen molar-refractivity contribution in [1.29, 1.82) is 0 Å². The Kier molecular flexibility index (Phi) is 11.0. The molecule has 0 spiro atoms. The average molecular weight is 497 g/mol. The van der Waals surface area contributed by atoms with E-state index in [1.54, 1.807) is 41.5 Å². The van der Waals surface area contributed by atoms with Gasteiger partial charge < -0.3 is 19.5 Å². The molecule has 0 aromatic rings. The zero-order valence-corrected chi connectivity index (χ0v) is 22.0. The fraction of sp³-hybridized carbons (Fsp3) is 0.857. The summed E-state index contributed by atoms with van der Waals surface area (Å²) in [4.78, 5) is 37.6. The third-order valence-electron chi connectivity index (χ3n) is 4.32. The molecule has 0 rings (SSSR count). The number of hydrogen-bond acceptors (Lipinski definition) is 10. The van der Waals surface area contributed by atoms with Gasteiger partial charge in [0.05, 0.1) is 13.7 Å². The molecular weight excluding hydrogens is 456 g/mol. The van der Waals surface area contributed by atoms with Crippen LogP contribution >= 0.6 is 0 Å². The largest absolute Gasteiger partial charge is 0.467 e. The monoisotopic (exact) mass is 496 g/mol. The molecule has 0 bridgehead atoms. The second-order valence-corrected chi connectivity index (χ2v) is 11.9. The van der Waals surface area contributed by atoms with Crippen molar-refractivity contribution >= 4 is 28.0 Å². The van der Waals surface area contributed by atoms with E-state index in [4.69, 9.17) is 18.8 Å². The minimum Gasteiger partial charge on any atom is -0.467 e. The quantitative estimate of drug-likeness (QED) is 0.156. The van der Waals surface area contributed by atoms with Crippen LogP contribution in [0.15, 0.2) is 0 Å². The zero-order valence-electron chi connectivity index (χ0n) is 21.2. The predicted molar refractivity (Wildman–Crippen MR) is 122 cm³/mol. The van der Waals surface area contributed by atoms with Gasteiger partial charge in [-0.05, 0) is 74.7 Å². The number of methoxy groups -OCH3 is 1. The van der Waals surface area contributed by atoms with Gasteiger partial charge in [-0.25, -0.2) is 9.59 Å². The van der Waals surface area contributed by atoms with Crippen LogP contribution in [0, 0.1) is 0 Å². The zero-order chi connectivity index (χ0) is 26.3. The molecule has 12 heteroatoms. The average Bonchev–Trinajstić information content (AvgIpc) is 2.58. The molecule has 0 aliphatic heterocycles. The summed E-state index contributed by atoms with van der Waals surface area (Å²) < 4.78 is 47.2. The lowest BCUT2D eigenvalue weighted by Crippen LogP contribution is -2.61. The van der Waals surface area contributed by atoms with E-state index < -0.39 is 56.2 Å². The molecule has 0 aliphatic rings. The number of nitrogens with one attached hydrogen (secondary N) is 2. The number of hydrogen-bond donors (Lipinski definition) is 3. The van der Waals surface area contributed by atoms with Crippen LogP contribution in [0.4, 0.5) is 0 Å². The van der Waals surface area contributed by atoms with E-state index in [1.807, 2.05) is 13.8 Å². The van der Waals surface area contributed by atoms with Crippen molar-refractivity contribution in [3.8, 4) is 0 Å². The first-order valence-electron chi connectivity index (χ1n) is 10.6. The molecule has 0 unspecified atom stereocenters. The molecule has 194 valence electrons. The molecule has 33 heavy (non-hydrogen) atoms. The molecule has 0 amide bonds. The van der Waals surface area contributed by atoms with Gasteiger partial charge in [-0.3, -0.25) is 14.7 Å². The summed E-state index contributed by atoms with van der Waals surface area (Å²) in [5.74, 6) is -3.55. The second-order valence-electron chi connectivity index (χ2n) is 10.5. The first kappa shape index (κ1) is 31.2. The molecule has 0 radical (unpaired) electrons. The number of ether oxygens (including phenoxy) is 3. The third-order valence-corrected chi connectivity index (χ3v) is 4.83. The summed E-state index contributed by atoms with van der Waals surface area (Å²) in [7, 11) is -3.49. The molecular formula is C21H40N2O9S. The van der Waals surface area contributed by atoms with Crippen LogP contribution in [0.2, 0.25) is 0 Å². The summed E-state index contributed by atoms with van der Waals surface area (Å²) in [5, 5.41) is 5.40. The number of carbonyl (C=O) groups is 3. The Labute approximate surface area is 197 Å². The molecule has 11 nitrogen and oxygen atoms in total.